The van der Waals surface area contributed by atoms with Gasteiger partial charge in [-0.3, -0.25) is 10.2 Å². The first-order valence-electron chi connectivity index (χ1n) is 11.2. The van der Waals surface area contributed by atoms with Gasteiger partial charge in [0.05, 0.1) is 22.8 Å². The average Bonchev–Trinajstić information content (AvgIpc) is 3.24. The molecule has 0 bridgehead atoms. The number of carbonyl (C=O) groups excluding carboxylic acids is 1. The monoisotopic (exact) mass is 526 g/mol. The Labute approximate surface area is 214 Å². The van der Waals surface area contributed by atoms with Crippen molar-refractivity contribution in [1.29, 1.82) is 5.41 Å². The maximum atomic E-state index is 12.7. The van der Waals surface area contributed by atoms with Gasteiger partial charge in [-0.25, -0.2) is 13.3 Å². The molecule has 188 valence electrons. The van der Waals surface area contributed by atoms with E-state index in [1.165, 1.54) is 19.9 Å². The van der Waals surface area contributed by atoms with E-state index in [0.717, 1.165) is 33.7 Å². The Bertz CT molecular complexity index is 1390. The minimum Gasteiger partial charge on any atom is -0.490 e. The highest BCUT2D eigenvalue weighted by Crippen LogP contribution is 2.31. The van der Waals surface area contributed by atoms with Crippen LogP contribution in [0.2, 0.25) is 0 Å². The molecule has 2 aliphatic rings. The van der Waals surface area contributed by atoms with E-state index in [0.29, 0.717) is 24.5 Å². The van der Waals surface area contributed by atoms with Gasteiger partial charge in [-0.15, -0.1) is 0 Å². The lowest BCUT2D eigenvalue weighted by atomic mass is 10.1. The van der Waals surface area contributed by atoms with Gasteiger partial charge in [0.1, 0.15) is 30.5 Å². The van der Waals surface area contributed by atoms with Gasteiger partial charge >= 0.3 is 0 Å². The van der Waals surface area contributed by atoms with Gasteiger partial charge in [0.2, 0.25) is 20.2 Å². The zero-order valence-corrected chi connectivity index (χ0v) is 21.9. The molecule has 9 nitrogen and oxygen atoms in total. The summed E-state index contributed by atoms with van der Waals surface area (Å²) in [4.78, 5) is 17.6. The maximum absolute atomic E-state index is 12.7. The van der Waals surface area contributed by atoms with Crippen LogP contribution in [-0.2, 0) is 14.6 Å². The van der Waals surface area contributed by atoms with Crippen LogP contribution in [0.5, 0.6) is 11.5 Å². The Hall–Kier alpha value is -3.44. The molecule has 2 aliphatic heterocycles. The molecule has 2 aromatic carbocycles. The number of amides is 1. The van der Waals surface area contributed by atoms with E-state index >= 15 is 0 Å². The third-order valence-corrected chi connectivity index (χ3v) is 8.22. The predicted octanol–water partition coefficient (Wildman–Crippen LogP) is 4.16. The zero-order chi connectivity index (χ0) is 26.0. The molecule has 4 rings (SSSR count). The van der Waals surface area contributed by atoms with Crippen molar-refractivity contribution in [2.24, 2.45) is 9.39 Å². The van der Waals surface area contributed by atoms with Crippen LogP contribution in [0.4, 0.5) is 0 Å². The van der Waals surface area contributed by atoms with Crippen LogP contribution < -0.4 is 9.47 Å². The van der Waals surface area contributed by atoms with Gasteiger partial charge < -0.3 is 9.47 Å². The molecule has 0 spiro atoms. The topological polar surface area (TPSA) is 121 Å². The number of aryl methyl sites for hydroxylation is 2. The number of sulfone groups is 1. The number of benzene rings is 2. The molecular formula is C25H26N4O5S2. The van der Waals surface area contributed by atoms with E-state index in [2.05, 4.69) is 15.5 Å². The Morgan fingerprint density at radius 1 is 1.03 bits per heavy atom. The summed E-state index contributed by atoms with van der Waals surface area (Å²) in [5.41, 5.74) is 2.88. The van der Waals surface area contributed by atoms with E-state index in [1.54, 1.807) is 24.3 Å². The Morgan fingerprint density at radius 2 is 1.64 bits per heavy atom. The highest BCUT2D eigenvalue weighted by atomic mass is 32.2. The third-order valence-electron chi connectivity index (χ3n) is 5.38. The SMILES string of the molecule is Cc1cc(C)cc(OCCOc2ccc(/C=C3/C(=N)N4C(=NC3=O)SN=C4S(=O)(=O)C(C)C)cc2)c1. The van der Waals surface area contributed by atoms with Crippen molar-refractivity contribution in [1.82, 2.24) is 4.90 Å². The minimum absolute atomic E-state index is 0.0246. The van der Waals surface area contributed by atoms with Crippen molar-refractivity contribution in [2.75, 3.05) is 13.2 Å². The van der Waals surface area contributed by atoms with E-state index in [4.69, 9.17) is 14.9 Å². The van der Waals surface area contributed by atoms with E-state index in [9.17, 15) is 13.2 Å². The molecule has 0 radical (unpaired) electrons. The molecule has 0 saturated heterocycles. The lowest BCUT2D eigenvalue weighted by Gasteiger charge is -2.25. The van der Waals surface area contributed by atoms with Crippen LogP contribution in [0.3, 0.4) is 0 Å². The van der Waals surface area contributed by atoms with Crippen molar-refractivity contribution in [2.45, 2.75) is 32.9 Å². The van der Waals surface area contributed by atoms with Crippen LogP contribution in [0, 0.1) is 19.3 Å². The summed E-state index contributed by atoms with van der Waals surface area (Å²) in [6.07, 6.45) is 1.50. The Morgan fingerprint density at radius 3 is 2.25 bits per heavy atom. The number of carbonyl (C=O) groups is 1. The predicted molar refractivity (Wildman–Crippen MR) is 142 cm³/mol. The van der Waals surface area contributed by atoms with Crippen molar-refractivity contribution >= 4 is 49.9 Å². The van der Waals surface area contributed by atoms with E-state index in [1.807, 2.05) is 26.0 Å². The molecule has 2 aromatic rings. The maximum Gasteiger partial charge on any atom is 0.283 e. The van der Waals surface area contributed by atoms with Gasteiger partial charge in [0.25, 0.3) is 5.91 Å². The van der Waals surface area contributed by atoms with Gasteiger partial charge in [-0.2, -0.15) is 9.39 Å². The summed E-state index contributed by atoms with van der Waals surface area (Å²) in [6.45, 7) is 7.85. The second-order valence-electron chi connectivity index (χ2n) is 8.59. The molecule has 0 atom stereocenters. The average molecular weight is 527 g/mol. The van der Waals surface area contributed by atoms with Crippen molar-refractivity contribution < 1.29 is 22.7 Å². The Balaban J connectivity index is 1.42. The molecule has 2 heterocycles. The fraction of sp³-hybridized carbons (Fsp3) is 0.280. The molecule has 1 N–H and O–H groups in total. The molecule has 0 unspecified atom stereocenters. The van der Waals surface area contributed by atoms with E-state index in [-0.39, 0.29) is 21.7 Å². The van der Waals surface area contributed by atoms with Crippen LogP contribution >= 0.6 is 11.9 Å². The second kappa shape index (κ2) is 10.3. The number of nitrogens with one attached hydrogen (secondary N) is 1. The number of rotatable bonds is 7. The number of ether oxygens (including phenoxy) is 2. The van der Waals surface area contributed by atoms with Crippen LogP contribution in [-0.4, -0.2) is 53.9 Å². The molecule has 0 saturated carbocycles. The first-order valence-corrected chi connectivity index (χ1v) is 13.5. The van der Waals surface area contributed by atoms with Gasteiger partial charge in [0, 0.05) is 0 Å². The minimum atomic E-state index is -3.76. The first kappa shape index (κ1) is 25.6. The quantitative estimate of drug-likeness (QED) is 0.327. The molecular weight excluding hydrogens is 500 g/mol. The lowest BCUT2D eigenvalue weighted by Crippen LogP contribution is -2.46. The van der Waals surface area contributed by atoms with Crippen LogP contribution in [0.15, 0.2) is 57.4 Å². The number of aliphatic imine (C=N–C) groups is 1. The first-order chi connectivity index (χ1) is 17.1. The van der Waals surface area contributed by atoms with E-state index < -0.39 is 21.0 Å². The second-order valence-corrected chi connectivity index (χ2v) is 11.7. The smallest absolute Gasteiger partial charge is 0.283 e. The van der Waals surface area contributed by atoms with Crippen molar-refractivity contribution in [3.8, 4) is 11.5 Å². The summed E-state index contributed by atoms with van der Waals surface area (Å²) in [5.74, 6) is 0.525. The van der Waals surface area contributed by atoms with Gasteiger partial charge in [-0.05, 0) is 74.7 Å². The normalized spacial score (nSPS) is 16.8. The number of hydrogen-bond donors (Lipinski definition) is 1. The largest absolute Gasteiger partial charge is 0.490 e. The summed E-state index contributed by atoms with van der Waals surface area (Å²) in [6, 6.07) is 13.0. The Kier molecular flexibility index (Phi) is 7.32. The molecule has 0 aliphatic carbocycles. The number of nitrogens with zero attached hydrogens (tertiary/aromatic N) is 3. The van der Waals surface area contributed by atoms with Crippen molar-refractivity contribution in [3.63, 3.8) is 0 Å². The summed E-state index contributed by atoms with van der Waals surface area (Å²) in [5, 5.41) is 7.57. The number of fused-ring (bicyclic) bond motifs is 1. The molecule has 0 aromatic heterocycles. The standard InChI is InChI=1S/C25H26N4O5S2/c1-15(2)36(31,32)25-28-35-24-27-23(30)21(22(26)29(24)25)14-18-5-7-19(8-6-18)33-9-10-34-20-12-16(3)11-17(4)13-20/h5-8,11-15,26H,9-10H2,1-4H3/b21-14-,26-22?. The number of hydrogen-bond acceptors (Lipinski definition) is 8. The zero-order valence-electron chi connectivity index (χ0n) is 20.3. The van der Waals surface area contributed by atoms with Crippen LogP contribution in [0.1, 0.15) is 30.5 Å². The molecule has 11 heteroatoms. The summed E-state index contributed by atoms with van der Waals surface area (Å²) in [7, 11) is -3.76. The van der Waals surface area contributed by atoms with Crippen molar-refractivity contribution in [3.05, 3.63) is 64.7 Å². The highest BCUT2D eigenvalue weighted by molar-refractivity contribution is 8.16. The summed E-state index contributed by atoms with van der Waals surface area (Å²) >= 11 is 0.775. The molecule has 0 fully saturated rings. The fourth-order valence-electron chi connectivity index (χ4n) is 3.56. The summed E-state index contributed by atoms with van der Waals surface area (Å²) < 4.78 is 40.8. The fourth-order valence-corrected chi connectivity index (χ4v) is 5.62. The third kappa shape index (κ3) is 5.36. The molecule has 1 amide bonds. The number of amidine groups is 3. The van der Waals surface area contributed by atoms with Gasteiger partial charge in [-0.1, -0.05) is 18.2 Å². The highest BCUT2D eigenvalue weighted by Gasteiger charge is 2.43. The molecule has 36 heavy (non-hydrogen) atoms. The van der Waals surface area contributed by atoms with Crippen LogP contribution in [0.25, 0.3) is 6.08 Å². The lowest BCUT2D eigenvalue weighted by molar-refractivity contribution is -0.114. The van der Waals surface area contributed by atoms with Gasteiger partial charge in [0.15, 0.2) is 0 Å².